The molecule has 1 aliphatic rings. The van der Waals surface area contributed by atoms with Crippen LogP contribution in [0.4, 0.5) is 22.0 Å². The molecule has 2 N–H and O–H groups in total. The van der Waals surface area contributed by atoms with Crippen LogP contribution in [0.3, 0.4) is 0 Å². The normalized spacial score (nSPS) is 14.4. The van der Waals surface area contributed by atoms with Gasteiger partial charge in [-0.3, -0.25) is 0 Å². The van der Waals surface area contributed by atoms with E-state index < -0.39 is 18.5 Å². The highest BCUT2D eigenvalue weighted by atomic mass is 32.2. The summed E-state index contributed by atoms with van der Waals surface area (Å²) in [6, 6.07) is 13.1. The van der Waals surface area contributed by atoms with Gasteiger partial charge in [0.25, 0.3) is 0 Å². The molecular formula is C32H42F5NO2S. The van der Waals surface area contributed by atoms with Crippen LogP contribution < -0.4 is 0 Å². The molecule has 3 rings (SSSR count). The number of nitrogens with zero attached hydrogens (tertiary/aromatic N) is 1. The average molecular weight is 600 g/mol. The SMILES string of the molecule is CN(CCCCCCC1=C(c2ccc(O)cc2)CCCc2cc(O)ccc21)CCCSCCCC(F)(F)C(F)(F)F. The molecule has 2 aromatic carbocycles. The minimum atomic E-state index is -5.46. The topological polar surface area (TPSA) is 43.7 Å². The first-order valence-electron chi connectivity index (χ1n) is 14.5. The number of aryl methyl sites for hydroxylation is 1. The van der Waals surface area contributed by atoms with Gasteiger partial charge in [0.1, 0.15) is 11.5 Å². The van der Waals surface area contributed by atoms with Gasteiger partial charge in [0, 0.05) is 6.42 Å². The fourth-order valence-corrected chi connectivity index (χ4v) is 6.23. The molecule has 0 aliphatic heterocycles. The Morgan fingerprint density at radius 3 is 2.17 bits per heavy atom. The summed E-state index contributed by atoms with van der Waals surface area (Å²) in [5, 5.41) is 19.8. The number of phenols is 2. The minimum Gasteiger partial charge on any atom is -0.508 e. The molecular weight excluding hydrogens is 557 g/mol. The monoisotopic (exact) mass is 599 g/mol. The molecule has 0 radical (unpaired) electrons. The second kappa shape index (κ2) is 15.8. The van der Waals surface area contributed by atoms with E-state index in [0.29, 0.717) is 11.5 Å². The first-order valence-corrected chi connectivity index (χ1v) is 15.7. The van der Waals surface area contributed by atoms with Crippen LogP contribution in [0.15, 0.2) is 42.5 Å². The first kappa shape index (κ1) is 33.2. The molecule has 9 heteroatoms. The molecule has 0 spiro atoms. The summed E-state index contributed by atoms with van der Waals surface area (Å²) in [4.78, 5) is 2.25. The quantitative estimate of drug-likeness (QED) is 0.149. The maximum atomic E-state index is 12.9. The largest absolute Gasteiger partial charge is 0.508 e. The van der Waals surface area contributed by atoms with E-state index in [-0.39, 0.29) is 12.2 Å². The summed E-state index contributed by atoms with van der Waals surface area (Å²) in [6.07, 6.45) is 2.32. The zero-order valence-electron chi connectivity index (χ0n) is 23.8. The number of alkyl halides is 5. The zero-order valence-corrected chi connectivity index (χ0v) is 24.6. The number of rotatable bonds is 16. The van der Waals surface area contributed by atoms with Crippen LogP contribution in [-0.2, 0) is 6.42 Å². The molecule has 0 bridgehead atoms. The molecule has 41 heavy (non-hydrogen) atoms. The van der Waals surface area contributed by atoms with Gasteiger partial charge < -0.3 is 15.1 Å². The zero-order chi connectivity index (χ0) is 29.9. The summed E-state index contributed by atoms with van der Waals surface area (Å²) >= 11 is 1.43. The van der Waals surface area contributed by atoms with Crippen molar-refractivity contribution in [3.63, 3.8) is 0 Å². The first-order chi connectivity index (χ1) is 19.5. The second-order valence-electron chi connectivity index (χ2n) is 10.9. The molecule has 0 fully saturated rings. The van der Waals surface area contributed by atoms with Gasteiger partial charge in [-0.25, -0.2) is 0 Å². The Hall–Kier alpha value is -2.26. The highest BCUT2D eigenvalue weighted by Crippen LogP contribution is 2.40. The van der Waals surface area contributed by atoms with E-state index >= 15 is 0 Å². The Bertz CT molecular complexity index is 1120. The number of aromatic hydroxyl groups is 2. The fraction of sp³-hybridized carbons (Fsp3) is 0.562. The van der Waals surface area contributed by atoms with Gasteiger partial charge in [-0.15, -0.1) is 0 Å². The van der Waals surface area contributed by atoms with Crippen molar-refractivity contribution in [3.8, 4) is 11.5 Å². The summed E-state index contributed by atoms with van der Waals surface area (Å²) in [5.41, 5.74) is 6.20. The van der Waals surface area contributed by atoms with Crippen molar-refractivity contribution in [2.45, 2.75) is 82.7 Å². The molecule has 0 aromatic heterocycles. The molecule has 0 amide bonds. The Morgan fingerprint density at radius 2 is 1.44 bits per heavy atom. The Morgan fingerprint density at radius 1 is 0.780 bits per heavy atom. The van der Waals surface area contributed by atoms with E-state index in [4.69, 9.17) is 0 Å². The molecule has 228 valence electrons. The number of thioether (sulfide) groups is 1. The highest BCUT2D eigenvalue weighted by Gasteiger charge is 2.56. The van der Waals surface area contributed by atoms with Gasteiger partial charge in [0.15, 0.2) is 0 Å². The maximum absolute atomic E-state index is 12.9. The van der Waals surface area contributed by atoms with Crippen LogP contribution >= 0.6 is 11.8 Å². The average Bonchev–Trinajstić information content (AvgIpc) is 3.08. The van der Waals surface area contributed by atoms with E-state index in [2.05, 4.69) is 11.9 Å². The molecule has 0 saturated heterocycles. The lowest BCUT2D eigenvalue weighted by atomic mass is 9.89. The fourth-order valence-electron chi connectivity index (χ4n) is 5.34. The number of halogens is 5. The predicted octanol–water partition coefficient (Wildman–Crippen LogP) is 9.33. The molecule has 2 aromatic rings. The highest BCUT2D eigenvalue weighted by molar-refractivity contribution is 7.99. The second-order valence-corrected chi connectivity index (χ2v) is 12.2. The van der Waals surface area contributed by atoms with E-state index in [9.17, 15) is 32.2 Å². The molecule has 3 nitrogen and oxygen atoms in total. The smallest absolute Gasteiger partial charge is 0.453 e. The third kappa shape index (κ3) is 10.5. The van der Waals surface area contributed by atoms with Gasteiger partial charge in [-0.2, -0.15) is 33.7 Å². The van der Waals surface area contributed by atoms with Crippen LogP contribution in [0.2, 0.25) is 0 Å². The van der Waals surface area contributed by atoms with Crippen LogP contribution in [0.1, 0.15) is 80.9 Å². The number of allylic oxidation sites excluding steroid dienone is 2. The van der Waals surface area contributed by atoms with Crippen LogP contribution in [0, 0.1) is 0 Å². The summed E-state index contributed by atoms with van der Waals surface area (Å²) < 4.78 is 62.5. The van der Waals surface area contributed by atoms with Crippen LogP contribution in [0.25, 0.3) is 11.1 Å². The van der Waals surface area contributed by atoms with Crippen molar-refractivity contribution < 1.29 is 32.2 Å². The number of phenolic OH excluding ortho intramolecular Hbond substituents is 2. The lowest BCUT2D eigenvalue weighted by molar-refractivity contribution is -0.284. The van der Waals surface area contributed by atoms with E-state index in [1.165, 1.54) is 34.0 Å². The standard InChI is InChI=1S/C32H42F5NO2S/c1-38(20-8-22-41-21-7-18-31(33,34)32(35,36)37)19-5-3-2-4-10-30-28(24-12-14-26(39)15-13-24)11-6-9-25-23-27(40)16-17-29(25)30/h12-17,23,39-40H,2-11,18-22H2,1H3. The molecule has 0 unspecified atom stereocenters. The van der Waals surface area contributed by atoms with Crippen molar-refractivity contribution in [2.75, 3.05) is 31.6 Å². The summed E-state index contributed by atoms with van der Waals surface area (Å²) in [5.74, 6) is -2.98. The predicted molar refractivity (Wildman–Crippen MR) is 159 cm³/mol. The molecule has 0 heterocycles. The number of unbranched alkanes of at least 4 members (excludes halogenated alkanes) is 3. The number of hydrogen-bond acceptors (Lipinski definition) is 4. The van der Waals surface area contributed by atoms with Crippen molar-refractivity contribution >= 4 is 22.9 Å². The van der Waals surface area contributed by atoms with E-state index in [1.807, 2.05) is 24.3 Å². The van der Waals surface area contributed by atoms with Gasteiger partial charge in [-0.1, -0.05) is 31.0 Å². The van der Waals surface area contributed by atoms with Crippen molar-refractivity contribution in [2.24, 2.45) is 0 Å². The van der Waals surface area contributed by atoms with Gasteiger partial charge in [-0.05, 0) is 135 Å². The van der Waals surface area contributed by atoms with Crippen LogP contribution in [0.5, 0.6) is 11.5 Å². The summed E-state index contributed by atoms with van der Waals surface area (Å²) in [7, 11) is 2.06. The van der Waals surface area contributed by atoms with Crippen LogP contribution in [-0.4, -0.2) is 58.9 Å². The van der Waals surface area contributed by atoms with Gasteiger partial charge >= 0.3 is 12.1 Å². The van der Waals surface area contributed by atoms with Crippen molar-refractivity contribution in [1.29, 1.82) is 0 Å². The lowest BCUT2D eigenvalue weighted by Gasteiger charge is -2.19. The molecule has 1 aliphatic carbocycles. The third-order valence-corrected chi connectivity index (χ3v) is 8.76. The molecule has 0 saturated carbocycles. The third-order valence-electron chi connectivity index (χ3n) is 7.61. The Kier molecular flexibility index (Phi) is 12.8. The van der Waals surface area contributed by atoms with E-state index in [1.54, 1.807) is 18.2 Å². The Balaban J connectivity index is 1.38. The Labute approximate surface area is 244 Å². The van der Waals surface area contributed by atoms with Crippen molar-refractivity contribution in [3.05, 3.63) is 59.2 Å². The van der Waals surface area contributed by atoms with Gasteiger partial charge in [0.05, 0.1) is 0 Å². The minimum absolute atomic E-state index is 0.144. The van der Waals surface area contributed by atoms with E-state index in [0.717, 1.165) is 82.2 Å². The summed E-state index contributed by atoms with van der Waals surface area (Å²) in [6.45, 7) is 1.84. The number of fused-ring (bicyclic) bond motifs is 1. The number of benzene rings is 2. The van der Waals surface area contributed by atoms with Crippen molar-refractivity contribution in [1.82, 2.24) is 4.90 Å². The molecule has 0 atom stereocenters. The lowest BCUT2D eigenvalue weighted by Crippen LogP contribution is -2.36. The van der Waals surface area contributed by atoms with Gasteiger partial charge in [0.2, 0.25) is 0 Å². The number of hydrogen-bond donors (Lipinski definition) is 2. The maximum Gasteiger partial charge on any atom is 0.453 e.